The van der Waals surface area contributed by atoms with Crippen LogP contribution in [0.5, 0.6) is 0 Å². The molecule has 0 aliphatic rings. The van der Waals surface area contributed by atoms with Crippen LogP contribution < -0.4 is 0 Å². The Morgan fingerprint density at radius 2 is 1.11 bits per heavy atom. The second-order valence-corrected chi connectivity index (χ2v) is 8.04. The van der Waals surface area contributed by atoms with E-state index in [1.807, 2.05) is 0 Å². The number of carboxylic acids is 1. The molecule has 0 amide bonds. The minimum absolute atomic E-state index is 0.117. The first-order valence-corrected chi connectivity index (χ1v) is 11.7. The van der Waals surface area contributed by atoms with Crippen LogP contribution in [0.1, 0.15) is 129 Å². The van der Waals surface area contributed by atoms with Crippen LogP contribution in [0.25, 0.3) is 0 Å². The Balaban J connectivity index is 3.14. The predicted molar refractivity (Wildman–Crippen MR) is 116 cm³/mol. The van der Waals surface area contributed by atoms with Gasteiger partial charge in [-0.3, -0.25) is 4.79 Å². The number of rotatable bonds is 21. The molecule has 0 heterocycles. The number of allylic oxidation sites excluding steroid dienone is 2. The Bertz CT molecular complexity index is 339. The summed E-state index contributed by atoms with van der Waals surface area (Å²) in [5, 5.41) is 18.1. The molecule has 0 aliphatic heterocycles. The molecular weight excluding hydrogens is 336 g/mol. The van der Waals surface area contributed by atoms with Crippen LogP contribution in [-0.4, -0.2) is 22.3 Å². The SMILES string of the molecule is CCCCCCCCC=CCCCCCCCCCCCC(O)CC(=O)O. The van der Waals surface area contributed by atoms with E-state index in [4.69, 9.17) is 5.11 Å². The third-order valence-corrected chi connectivity index (χ3v) is 5.21. The molecule has 2 N–H and O–H groups in total. The van der Waals surface area contributed by atoms with E-state index in [0.29, 0.717) is 6.42 Å². The fourth-order valence-electron chi connectivity index (χ4n) is 3.46. The van der Waals surface area contributed by atoms with Gasteiger partial charge in [0.25, 0.3) is 0 Å². The lowest BCUT2D eigenvalue weighted by Gasteiger charge is -2.07. The van der Waals surface area contributed by atoms with Crippen LogP contribution in [0.4, 0.5) is 0 Å². The average molecular weight is 383 g/mol. The van der Waals surface area contributed by atoms with E-state index < -0.39 is 12.1 Å². The third kappa shape index (κ3) is 23.1. The number of carbonyl (C=O) groups is 1. The molecule has 0 saturated carbocycles. The van der Waals surface area contributed by atoms with E-state index in [1.54, 1.807) is 0 Å². The van der Waals surface area contributed by atoms with Crippen LogP contribution in [0.3, 0.4) is 0 Å². The zero-order chi connectivity index (χ0) is 20.0. The second-order valence-electron chi connectivity index (χ2n) is 8.04. The maximum atomic E-state index is 10.4. The topological polar surface area (TPSA) is 57.5 Å². The lowest BCUT2D eigenvalue weighted by Crippen LogP contribution is -2.12. The van der Waals surface area contributed by atoms with Gasteiger partial charge in [0, 0.05) is 0 Å². The summed E-state index contributed by atoms with van der Waals surface area (Å²) in [6.07, 6.45) is 26.6. The van der Waals surface area contributed by atoms with Crippen molar-refractivity contribution >= 4 is 5.97 Å². The molecule has 0 fully saturated rings. The molecule has 1 unspecified atom stereocenters. The molecule has 0 aromatic rings. The largest absolute Gasteiger partial charge is 0.481 e. The van der Waals surface area contributed by atoms with E-state index >= 15 is 0 Å². The first-order chi connectivity index (χ1) is 13.2. The molecule has 27 heavy (non-hydrogen) atoms. The van der Waals surface area contributed by atoms with Crippen molar-refractivity contribution in [1.29, 1.82) is 0 Å². The quantitative estimate of drug-likeness (QED) is 0.160. The summed E-state index contributed by atoms with van der Waals surface area (Å²) in [6, 6.07) is 0. The Morgan fingerprint density at radius 1 is 0.704 bits per heavy atom. The van der Waals surface area contributed by atoms with Crippen molar-refractivity contribution in [3.05, 3.63) is 12.2 Å². The molecule has 3 nitrogen and oxygen atoms in total. The van der Waals surface area contributed by atoms with Crippen molar-refractivity contribution < 1.29 is 15.0 Å². The second kappa shape index (κ2) is 21.5. The molecule has 0 spiro atoms. The van der Waals surface area contributed by atoms with Gasteiger partial charge >= 0.3 is 5.97 Å². The summed E-state index contributed by atoms with van der Waals surface area (Å²) >= 11 is 0. The Morgan fingerprint density at radius 3 is 1.56 bits per heavy atom. The zero-order valence-corrected chi connectivity index (χ0v) is 18.0. The van der Waals surface area contributed by atoms with E-state index in [9.17, 15) is 9.90 Å². The first kappa shape index (κ1) is 26.2. The fourth-order valence-corrected chi connectivity index (χ4v) is 3.46. The van der Waals surface area contributed by atoms with Crippen LogP contribution in [0.2, 0.25) is 0 Å². The third-order valence-electron chi connectivity index (χ3n) is 5.21. The number of unbranched alkanes of at least 4 members (excludes halogenated alkanes) is 15. The summed E-state index contributed by atoms with van der Waals surface area (Å²) in [5.74, 6) is -0.907. The summed E-state index contributed by atoms with van der Waals surface area (Å²) in [6.45, 7) is 2.27. The lowest BCUT2D eigenvalue weighted by atomic mass is 10.0. The molecule has 1 atom stereocenters. The van der Waals surface area contributed by atoms with Crippen LogP contribution in [0, 0.1) is 0 Å². The summed E-state index contributed by atoms with van der Waals surface area (Å²) in [7, 11) is 0. The normalized spacial score (nSPS) is 12.7. The Hall–Kier alpha value is -0.830. The first-order valence-electron chi connectivity index (χ1n) is 11.7. The highest BCUT2D eigenvalue weighted by molar-refractivity contribution is 5.67. The van der Waals surface area contributed by atoms with Crippen molar-refractivity contribution in [2.24, 2.45) is 0 Å². The van der Waals surface area contributed by atoms with Crippen LogP contribution >= 0.6 is 0 Å². The molecule has 0 aromatic heterocycles. The average Bonchev–Trinajstić information content (AvgIpc) is 2.63. The summed E-state index contributed by atoms with van der Waals surface area (Å²) in [5.41, 5.74) is 0. The number of aliphatic carboxylic acids is 1. The van der Waals surface area contributed by atoms with Gasteiger partial charge in [0.05, 0.1) is 12.5 Å². The highest BCUT2D eigenvalue weighted by Crippen LogP contribution is 2.13. The lowest BCUT2D eigenvalue weighted by molar-refractivity contribution is -0.139. The van der Waals surface area contributed by atoms with Crippen molar-refractivity contribution in [3.8, 4) is 0 Å². The molecule has 0 aromatic carbocycles. The standard InChI is InChI=1S/C24H46O3/c1-2-3-4-5-6-7-8-9-10-11-12-13-14-15-16-17-18-19-20-21-23(25)22-24(26)27/h9-10,23,25H,2-8,11-22H2,1H3,(H,26,27). The number of hydrogen-bond donors (Lipinski definition) is 2. The Kier molecular flexibility index (Phi) is 20.8. The summed E-state index contributed by atoms with van der Waals surface area (Å²) < 4.78 is 0. The molecule has 3 heteroatoms. The minimum atomic E-state index is -0.907. The number of hydrogen-bond acceptors (Lipinski definition) is 2. The smallest absolute Gasteiger partial charge is 0.305 e. The van der Waals surface area contributed by atoms with Crippen LogP contribution in [-0.2, 0) is 4.79 Å². The maximum Gasteiger partial charge on any atom is 0.305 e. The highest BCUT2D eigenvalue weighted by Gasteiger charge is 2.08. The fraction of sp³-hybridized carbons (Fsp3) is 0.875. The van der Waals surface area contributed by atoms with E-state index in [2.05, 4.69) is 19.1 Å². The van der Waals surface area contributed by atoms with Gasteiger partial charge < -0.3 is 10.2 Å². The van der Waals surface area contributed by atoms with Crippen LogP contribution in [0.15, 0.2) is 12.2 Å². The van der Waals surface area contributed by atoms with Gasteiger partial charge in [-0.25, -0.2) is 0 Å². The molecule has 0 radical (unpaired) electrons. The number of aliphatic hydroxyl groups excluding tert-OH is 1. The van der Waals surface area contributed by atoms with Gasteiger partial charge in [-0.2, -0.15) is 0 Å². The predicted octanol–water partition coefficient (Wildman–Crippen LogP) is 7.42. The van der Waals surface area contributed by atoms with Gasteiger partial charge in [0.2, 0.25) is 0 Å². The monoisotopic (exact) mass is 382 g/mol. The number of aliphatic hydroxyl groups is 1. The van der Waals surface area contributed by atoms with E-state index in [1.165, 1.54) is 96.3 Å². The molecule has 0 bridgehead atoms. The van der Waals surface area contributed by atoms with Gasteiger partial charge in [-0.15, -0.1) is 0 Å². The van der Waals surface area contributed by atoms with Gasteiger partial charge in [-0.1, -0.05) is 103 Å². The van der Waals surface area contributed by atoms with Crippen molar-refractivity contribution in [1.82, 2.24) is 0 Å². The van der Waals surface area contributed by atoms with Crippen molar-refractivity contribution in [3.63, 3.8) is 0 Å². The van der Waals surface area contributed by atoms with Gasteiger partial charge in [0.1, 0.15) is 0 Å². The van der Waals surface area contributed by atoms with Gasteiger partial charge in [-0.05, 0) is 32.1 Å². The molecule has 160 valence electrons. The Labute approximate surface area is 168 Å². The molecule has 0 rings (SSSR count). The summed E-state index contributed by atoms with van der Waals surface area (Å²) in [4.78, 5) is 10.4. The van der Waals surface area contributed by atoms with Crippen molar-refractivity contribution in [2.75, 3.05) is 0 Å². The minimum Gasteiger partial charge on any atom is -0.481 e. The maximum absolute atomic E-state index is 10.4. The van der Waals surface area contributed by atoms with E-state index in [-0.39, 0.29) is 6.42 Å². The highest BCUT2D eigenvalue weighted by atomic mass is 16.4. The van der Waals surface area contributed by atoms with Gasteiger partial charge in [0.15, 0.2) is 0 Å². The molecule has 0 aliphatic carbocycles. The molecule has 0 saturated heterocycles. The zero-order valence-electron chi connectivity index (χ0n) is 18.0. The molecular formula is C24H46O3. The number of carboxylic acid groups (broad SMARTS) is 1. The van der Waals surface area contributed by atoms with Crippen molar-refractivity contribution in [2.45, 2.75) is 135 Å². The van der Waals surface area contributed by atoms with E-state index in [0.717, 1.165) is 12.8 Å².